The van der Waals surface area contributed by atoms with E-state index in [1.165, 1.54) is 18.9 Å². The standard InChI is InChI=1S/C23H25F3/c1-14-2-4-15(5-3-14)17-8-10-19(22(25)13-17)18-7-6-16-9-11-21(24)23(26)20(16)12-18/h8-11,13-15,18H,2-7,12H2,1H3. The Morgan fingerprint density at radius 1 is 0.808 bits per heavy atom. The first-order valence-corrected chi connectivity index (χ1v) is 9.78. The van der Waals surface area contributed by atoms with Gasteiger partial charge in [0.1, 0.15) is 5.82 Å². The molecule has 0 spiro atoms. The zero-order valence-electron chi connectivity index (χ0n) is 15.2. The number of hydrogen-bond acceptors (Lipinski definition) is 0. The van der Waals surface area contributed by atoms with Crippen LogP contribution in [0.2, 0.25) is 0 Å². The molecule has 1 atom stereocenters. The number of halogens is 3. The van der Waals surface area contributed by atoms with Gasteiger partial charge in [-0.2, -0.15) is 0 Å². The molecule has 26 heavy (non-hydrogen) atoms. The molecule has 2 aliphatic carbocycles. The van der Waals surface area contributed by atoms with Gasteiger partial charge in [-0.15, -0.1) is 0 Å². The van der Waals surface area contributed by atoms with E-state index in [9.17, 15) is 13.2 Å². The normalized spacial score (nSPS) is 25.8. The van der Waals surface area contributed by atoms with Crippen LogP contribution in [0, 0.1) is 23.4 Å². The Balaban J connectivity index is 1.56. The first-order valence-electron chi connectivity index (χ1n) is 9.78. The van der Waals surface area contributed by atoms with Crippen molar-refractivity contribution in [3.63, 3.8) is 0 Å². The van der Waals surface area contributed by atoms with Crippen LogP contribution in [0.15, 0.2) is 30.3 Å². The summed E-state index contributed by atoms with van der Waals surface area (Å²) in [5.74, 6) is -0.626. The maximum Gasteiger partial charge on any atom is 0.162 e. The summed E-state index contributed by atoms with van der Waals surface area (Å²) in [6.45, 7) is 2.28. The molecule has 2 aromatic carbocycles. The van der Waals surface area contributed by atoms with Gasteiger partial charge in [0.05, 0.1) is 0 Å². The fourth-order valence-corrected chi connectivity index (χ4v) is 4.75. The van der Waals surface area contributed by atoms with Crippen molar-refractivity contribution in [2.75, 3.05) is 0 Å². The van der Waals surface area contributed by atoms with Crippen LogP contribution in [0.25, 0.3) is 0 Å². The van der Waals surface area contributed by atoms with E-state index in [1.807, 2.05) is 6.07 Å². The molecule has 2 aliphatic rings. The molecule has 0 amide bonds. The molecule has 1 fully saturated rings. The molecule has 0 heterocycles. The van der Waals surface area contributed by atoms with Crippen LogP contribution in [-0.2, 0) is 12.8 Å². The van der Waals surface area contributed by atoms with Crippen LogP contribution < -0.4 is 0 Å². The highest BCUT2D eigenvalue weighted by atomic mass is 19.2. The Labute approximate surface area is 153 Å². The minimum Gasteiger partial charge on any atom is -0.207 e. The van der Waals surface area contributed by atoms with Crippen molar-refractivity contribution in [2.24, 2.45) is 5.92 Å². The molecular formula is C23H25F3. The average Bonchev–Trinajstić information content (AvgIpc) is 2.65. The van der Waals surface area contributed by atoms with Gasteiger partial charge in [0.15, 0.2) is 11.6 Å². The van der Waals surface area contributed by atoms with Crippen molar-refractivity contribution in [2.45, 2.75) is 63.7 Å². The lowest BCUT2D eigenvalue weighted by Crippen LogP contribution is -2.17. The van der Waals surface area contributed by atoms with E-state index in [4.69, 9.17) is 0 Å². The zero-order chi connectivity index (χ0) is 18.3. The Morgan fingerprint density at radius 3 is 2.31 bits per heavy atom. The van der Waals surface area contributed by atoms with Crippen LogP contribution in [0.3, 0.4) is 0 Å². The molecule has 1 saturated carbocycles. The van der Waals surface area contributed by atoms with Gasteiger partial charge < -0.3 is 0 Å². The summed E-state index contributed by atoms with van der Waals surface area (Å²) in [5, 5.41) is 0. The lowest BCUT2D eigenvalue weighted by Gasteiger charge is -2.28. The summed E-state index contributed by atoms with van der Waals surface area (Å²) in [4.78, 5) is 0. The number of rotatable bonds is 2. The first kappa shape index (κ1) is 17.6. The van der Waals surface area contributed by atoms with Gasteiger partial charge in [-0.25, -0.2) is 13.2 Å². The summed E-state index contributed by atoms with van der Waals surface area (Å²) in [5.41, 5.74) is 3.01. The Morgan fingerprint density at radius 2 is 1.58 bits per heavy atom. The van der Waals surface area contributed by atoms with Crippen LogP contribution in [-0.4, -0.2) is 0 Å². The monoisotopic (exact) mass is 358 g/mol. The van der Waals surface area contributed by atoms with Crippen molar-refractivity contribution in [1.29, 1.82) is 0 Å². The minimum atomic E-state index is -0.813. The second-order valence-electron chi connectivity index (χ2n) is 8.18. The van der Waals surface area contributed by atoms with E-state index in [0.29, 0.717) is 29.9 Å². The van der Waals surface area contributed by atoms with Gasteiger partial charge in [0.2, 0.25) is 0 Å². The van der Waals surface area contributed by atoms with Crippen LogP contribution in [0.1, 0.15) is 73.1 Å². The molecule has 1 unspecified atom stereocenters. The molecule has 138 valence electrons. The SMILES string of the molecule is CC1CCC(c2ccc(C3CCc4ccc(F)c(F)c4C3)c(F)c2)CC1. The second-order valence-corrected chi connectivity index (χ2v) is 8.18. The first-order chi connectivity index (χ1) is 12.5. The van der Waals surface area contributed by atoms with E-state index in [1.54, 1.807) is 12.1 Å². The predicted octanol–water partition coefficient (Wildman–Crippen LogP) is 6.67. The highest BCUT2D eigenvalue weighted by Gasteiger charge is 2.27. The third kappa shape index (κ3) is 3.28. The number of fused-ring (bicyclic) bond motifs is 1. The lowest BCUT2D eigenvalue weighted by molar-refractivity contribution is 0.347. The second kappa shape index (κ2) is 7.09. The highest BCUT2D eigenvalue weighted by molar-refractivity contribution is 5.37. The summed E-state index contributed by atoms with van der Waals surface area (Å²) in [6.07, 6.45) is 6.48. The predicted molar refractivity (Wildman–Crippen MR) is 97.9 cm³/mol. The van der Waals surface area contributed by atoms with Crippen LogP contribution in [0.4, 0.5) is 13.2 Å². The molecule has 0 aromatic heterocycles. The molecule has 2 aromatic rings. The van der Waals surface area contributed by atoms with Crippen molar-refractivity contribution in [3.8, 4) is 0 Å². The molecule has 0 aliphatic heterocycles. The maximum atomic E-state index is 14.9. The molecule has 0 N–H and O–H groups in total. The van der Waals surface area contributed by atoms with Crippen LogP contribution >= 0.6 is 0 Å². The molecule has 0 saturated heterocycles. The maximum absolute atomic E-state index is 14.9. The van der Waals surface area contributed by atoms with Crippen molar-refractivity contribution in [3.05, 3.63) is 70.0 Å². The fourth-order valence-electron chi connectivity index (χ4n) is 4.75. The van der Waals surface area contributed by atoms with Gasteiger partial charge in [0.25, 0.3) is 0 Å². The van der Waals surface area contributed by atoms with E-state index < -0.39 is 11.6 Å². The van der Waals surface area contributed by atoms with Gasteiger partial charge in [-0.3, -0.25) is 0 Å². The topological polar surface area (TPSA) is 0 Å². The number of benzene rings is 2. The molecule has 0 bridgehead atoms. The van der Waals surface area contributed by atoms with Crippen molar-refractivity contribution >= 4 is 0 Å². The van der Waals surface area contributed by atoms with Gasteiger partial charge >= 0.3 is 0 Å². The number of hydrogen-bond donors (Lipinski definition) is 0. The molecule has 0 nitrogen and oxygen atoms in total. The van der Waals surface area contributed by atoms with E-state index in [2.05, 4.69) is 13.0 Å². The van der Waals surface area contributed by atoms with Gasteiger partial charge in [-0.05, 0) is 84.2 Å². The summed E-state index contributed by atoms with van der Waals surface area (Å²) >= 11 is 0. The molecule has 0 radical (unpaired) electrons. The third-order valence-corrected chi connectivity index (χ3v) is 6.46. The number of aryl methyl sites for hydroxylation is 1. The zero-order valence-corrected chi connectivity index (χ0v) is 15.2. The molecular weight excluding hydrogens is 333 g/mol. The largest absolute Gasteiger partial charge is 0.207 e. The Bertz CT molecular complexity index is 803. The van der Waals surface area contributed by atoms with E-state index >= 15 is 0 Å². The van der Waals surface area contributed by atoms with Gasteiger partial charge in [0, 0.05) is 0 Å². The van der Waals surface area contributed by atoms with Crippen molar-refractivity contribution < 1.29 is 13.2 Å². The smallest absolute Gasteiger partial charge is 0.162 e. The Kier molecular flexibility index (Phi) is 4.81. The summed E-state index contributed by atoms with van der Waals surface area (Å²) in [7, 11) is 0. The van der Waals surface area contributed by atoms with Crippen molar-refractivity contribution in [1.82, 2.24) is 0 Å². The Hall–Kier alpha value is -1.77. The van der Waals surface area contributed by atoms with Gasteiger partial charge in [-0.1, -0.05) is 38.0 Å². The van der Waals surface area contributed by atoms with E-state index in [0.717, 1.165) is 36.3 Å². The molecule has 3 heteroatoms. The third-order valence-electron chi connectivity index (χ3n) is 6.46. The van der Waals surface area contributed by atoms with Crippen LogP contribution in [0.5, 0.6) is 0 Å². The van der Waals surface area contributed by atoms with E-state index in [-0.39, 0.29) is 11.7 Å². The summed E-state index contributed by atoms with van der Waals surface area (Å²) in [6, 6.07) is 8.47. The highest BCUT2D eigenvalue weighted by Crippen LogP contribution is 2.39. The minimum absolute atomic E-state index is 0.0840. The fraction of sp³-hybridized carbons (Fsp3) is 0.478. The quantitative estimate of drug-likeness (QED) is 0.562. The lowest BCUT2D eigenvalue weighted by atomic mass is 9.77. The molecule has 4 rings (SSSR count). The average molecular weight is 358 g/mol. The summed E-state index contributed by atoms with van der Waals surface area (Å²) < 4.78 is 42.5.